The normalized spacial score (nSPS) is 15.1. The first-order valence-corrected chi connectivity index (χ1v) is 8.10. The van der Waals surface area contributed by atoms with Gasteiger partial charge in [0.05, 0.1) is 5.69 Å². The second-order valence-electron chi connectivity index (χ2n) is 5.21. The molecule has 0 aliphatic carbocycles. The fourth-order valence-corrected chi connectivity index (χ4v) is 3.19. The molecule has 2 N–H and O–H groups in total. The monoisotopic (exact) mass is 338 g/mol. The minimum Gasteiger partial charge on any atom is -0.366 e. The SMILES string of the molecule is NCc1nc(C(=O)N2CCN(c3cc(F)ccc3F)CC2)cs1. The molecule has 1 aromatic heterocycles. The fraction of sp³-hybridized carbons (Fsp3) is 0.333. The quantitative estimate of drug-likeness (QED) is 0.928. The zero-order valence-electron chi connectivity index (χ0n) is 12.3. The highest BCUT2D eigenvalue weighted by Gasteiger charge is 2.25. The number of carbonyl (C=O) groups excluding carboxylic acids is 1. The molecule has 23 heavy (non-hydrogen) atoms. The molecule has 1 amide bonds. The van der Waals surface area contributed by atoms with Crippen LogP contribution in [-0.2, 0) is 6.54 Å². The van der Waals surface area contributed by atoms with Crippen molar-refractivity contribution in [1.82, 2.24) is 9.88 Å². The van der Waals surface area contributed by atoms with Gasteiger partial charge < -0.3 is 15.5 Å². The molecule has 0 radical (unpaired) electrons. The van der Waals surface area contributed by atoms with Crippen LogP contribution in [0.4, 0.5) is 14.5 Å². The molecule has 2 heterocycles. The van der Waals surface area contributed by atoms with E-state index in [1.165, 1.54) is 17.4 Å². The van der Waals surface area contributed by atoms with Crippen LogP contribution in [0, 0.1) is 11.6 Å². The first-order valence-electron chi connectivity index (χ1n) is 7.22. The minimum atomic E-state index is -0.475. The van der Waals surface area contributed by atoms with Crippen LogP contribution in [0.15, 0.2) is 23.6 Å². The lowest BCUT2D eigenvalue weighted by atomic mass is 10.2. The number of hydrogen-bond donors (Lipinski definition) is 1. The summed E-state index contributed by atoms with van der Waals surface area (Å²) in [7, 11) is 0. The predicted molar refractivity (Wildman–Crippen MR) is 84.5 cm³/mol. The van der Waals surface area contributed by atoms with Crippen molar-refractivity contribution in [3.8, 4) is 0 Å². The van der Waals surface area contributed by atoms with Crippen molar-refractivity contribution in [2.75, 3.05) is 31.1 Å². The number of nitrogens with zero attached hydrogens (tertiary/aromatic N) is 3. The van der Waals surface area contributed by atoms with E-state index in [1.54, 1.807) is 15.2 Å². The summed E-state index contributed by atoms with van der Waals surface area (Å²) in [6.45, 7) is 2.07. The molecule has 0 atom stereocenters. The van der Waals surface area contributed by atoms with Crippen molar-refractivity contribution in [3.05, 3.63) is 45.9 Å². The highest BCUT2D eigenvalue weighted by Crippen LogP contribution is 2.22. The van der Waals surface area contributed by atoms with Gasteiger partial charge in [0.1, 0.15) is 22.3 Å². The van der Waals surface area contributed by atoms with Gasteiger partial charge in [-0.1, -0.05) is 0 Å². The van der Waals surface area contributed by atoms with E-state index < -0.39 is 11.6 Å². The molecule has 0 saturated carbocycles. The molecule has 1 aliphatic heterocycles. The lowest BCUT2D eigenvalue weighted by Gasteiger charge is -2.35. The van der Waals surface area contributed by atoms with Crippen molar-refractivity contribution in [1.29, 1.82) is 0 Å². The molecule has 0 unspecified atom stereocenters. The van der Waals surface area contributed by atoms with E-state index in [0.29, 0.717) is 43.4 Å². The van der Waals surface area contributed by atoms with E-state index >= 15 is 0 Å². The van der Waals surface area contributed by atoms with Crippen molar-refractivity contribution >= 4 is 22.9 Å². The molecule has 1 aliphatic rings. The summed E-state index contributed by atoms with van der Waals surface area (Å²) < 4.78 is 27.1. The largest absolute Gasteiger partial charge is 0.366 e. The number of halogens is 2. The summed E-state index contributed by atoms with van der Waals surface area (Å²) in [5.74, 6) is -1.09. The van der Waals surface area contributed by atoms with Gasteiger partial charge in [0.15, 0.2) is 0 Å². The Morgan fingerprint density at radius 2 is 2.00 bits per heavy atom. The molecule has 1 saturated heterocycles. The van der Waals surface area contributed by atoms with E-state index in [-0.39, 0.29) is 11.6 Å². The maximum Gasteiger partial charge on any atom is 0.273 e. The number of carbonyl (C=O) groups is 1. The number of thiazole rings is 1. The van der Waals surface area contributed by atoms with Gasteiger partial charge in [-0.25, -0.2) is 13.8 Å². The highest BCUT2D eigenvalue weighted by molar-refractivity contribution is 7.09. The maximum atomic E-state index is 13.8. The lowest BCUT2D eigenvalue weighted by molar-refractivity contribution is 0.0741. The Bertz CT molecular complexity index is 713. The highest BCUT2D eigenvalue weighted by atomic mass is 32.1. The Morgan fingerprint density at radius 3 is 2.65 bits per heavy atom. The predicted octanol–water partition coefficient (Wildman–Crippen LogP) is 1.84. The van der Waals surface area contributed by atoms with Gasteiger partial charge in [0.2, 0.25) is 0 Å². The first kappa shape index (κ1) is 15.8. The van der Waals surface area contributed by atoms with Crippen molar-refractivity contribution < 1.29 is 13.6 Å². The molecular weight excluding hydrogens is 322 g/mol. The third-order valence-electron chi connectivity index (χ3n) is 3.76. The van der Waals surface area contributed by atoms with E-state index in [1.807, 2.05) is 0 Å². The molecule has 5 nitrogen and oxygen atoms in total. The molecule has 0 bridgehead atoms. The third kappa shape index (κ3) is 3.32. The molecule has 3 rings (SSSR count). The molecule has 8 heteroatoms. The van der Waals surface area contributed by atoms with E-state index in [9.17, 15) is 13.6 Å². The van der Waals surface area contributed by atoms with Crippen molar-refractivity contribution in [3.63, 3.8) is 0 Å². The number of hydrogen-bond acceptors (Lipinski definition) is 5. The first-order chi connectivity index (χ1) is 11.1. The Morgan fingerprint density at radius 1 is 1.26 bits per heavy atom. The van der Waals surface area contributed by atoms with Crippen molar-refractivity contribution in [2.24, 2.45) is 5.73 Å². The third-order valence-corrected chi connectivity index (χ3v) is 4.63. The van der Waals surface area contributed by atoms with E-state index in [0.717, 1.165) is 12.1 Å². The Labute approximate surface area is 136 Å². The van der Waals surface area contributed by atoms with Crippen molar-refractivity contribution in [2.45, 2.75) is 6.54 Å². The van der Waals surface area contributed by atoms with Gasteiger partial charge in [-0.3, -0.25) is 4.79 Å². The maximum absolute atomic E-state index is 13.8. The van der Waals surface area contributed by atoms with Crippen LogP contribution in [0.1, 0.15) is 15.5 Å². The Balaban J connectivity index is 1.66. The van der Waals surface area contributed by atoms with Crippen LogP contribution < -0.4 is 10.6 Å². The lowest BCUT2D eigenvalue weighted by Crippen LogP contribution is -2.49. The summed E-state index contributed by atoms with van der Waals surface area (Å²) in [6, 6.07) is 3.39. The van der Waals surface area contributed by atoms with Gasteiger partial charge in [-0.15, -0.1) is 11.3 Å². The number of amides is 1. The van der Waals surface area contributed by atoms with Gasteiger partial charge in [0.25, 0.3) is 5.91 Å². The van der Waals surface area contributed by atoms with Gasteiger partial charge in [0, 0.05) is 44.2 Å². The summed E-state index contributed by atoms with van der Waals surface area (Å²) in [5, 5.41) is 2.41. The van der Waals surface area contributed by atoms with Crippen LogP contribution >= 0.6 is 11.3 Å². The number of rotatable bonds is 3. The molecule has 1 fully saturated rings. The smallest absolute Gasteiger partial charge is 0.273 e. The van der Waals surface area contributed by atoms with E-state index in [2.05, 4.69) is 4.98 Å². The second kappa shape index (κ2) is 6.59. The number of benzene rings is 1. The number of piperazine rings is 1. The van der Waals surface area contributed by atoms with E-state index in [4.69, 9.17) is 5.73 Å². The van der Waals surface area contributed by atoms with Gasteiger partial charge in [-0.05, 0) is 12.1 Å². The van der Waals surface area contributed by atoms with Crippen LogP contribution in [0.2, 0.25) is 0 Å². The molecule has 122 valence electrons. The summed E-state index contributed by atoms with van der Waals surface area (Å²) in [5.41, 5.74) is 6.12. The fourth-order valence-electron chi connectivity index (χ4n) is 2.54. The van der Waals surface area contributed by atoms with Crippen LogP contribution in [0.3, 0.4) is 0 Å². The van der Waals surface area contributed by atoms with Crippen LogP contribution in [-0.4, -0.2) is 42.0 Å². The molecule has 2 aromatic rings. The van der Waals surface area contributed by atoms with Crippen LogP contribution in [0.25, 0.3) is 0 Å². The minimum absolute atomic E-state index is 0.152. The second-order valence-corrected chi connectivity index (χ2v) is 6.15. The number of aromatic nitrogens is 1. The molecule has 0 spiro atoms. The molecule has 1 aromatic carbocycles. The Hall–Kier alpha value is -2.06. The van der Waals surface area contributed by atoms with Gasteiger partial charge >= 0.3 is 0 Å². The van der Waals surface area contributed by atoms with Crippen LogP contribution in [0.5, 0.6) is 0 Å². The average Bonchev–Trinajstić information content (AvgIpc) is 3.06. The molecular formula is C15H16F2N4OS. The zero-order chi connectivity index (χ0) is 16.4. The Kier molecular flexibility index (Phi) is 4.53. The summed E-state index contributed by atoms with van der Waals surface area (Å²) in [4.78, 5) is 20.0. The summed E-state index contributed by atoms with van der Waals surface area (Å²) in [6.07, 6.45) is 0. The number of anilines is 1. The summed E-state index contributed by atoms with van der Waals surface area (Å²) >= 11 is 1.36. The number of nitrogens with two attached hydrogens (primary N) is 1. The zero-order valence-corrected chi connectivity index (χ0v) is 13.2. The standard InChI is InChI=1S/C15H16F2N4OS/c16-10-1-2-11(17)13(7-10)20-3-5-21(6-4-20)15(22)12-9-23-14(8-18)19-12/h1-2,7,9H,3-6,8,18H2. The topological polar surface area (TPSA) is 62.5 Å². The average molecular weight is 338 g/mol. The van der Waals surface area contributed by atoms with Gasteiger partial charge in [-0.2, -0.15) is 0 Å².